The van der Waals surface area contributed by atoms with Crippen LogP contribution in [0.3, 0.4) is 0 Å². The maximum Gasteiger partial charge on any atom is 0.466 e. The third-order valence-electron chi connectivity index (χ3n) is 1.30. The summed E-state index contributed by atoms with van der Waals surface area (Å²) < 4.78 is 80.4. The van der Waals surface area contributed by atoms with Crippen LogP contribution in [0.2, 0.25) is 0 Å². The minimum absolute atomic E-state index is 0.191. The summed E-state index contributed by atoms with van der Waals surface area (Å²) in [6.07, 6.45) is -5.83. The molecule has 0 aromatic rings. The van der Waals surface area contributed by atoms with Crippen LogP contribution in [-0.4, -0.2) is 25.3 Å². The van der Waals surface area contributed by atoms with Gasteiger partial charge in [-0.15, -0.1) is 0 Å². The monoisotopic (exact) mass is 280 g/mol. The highest BCUT2D eigenvalue weighted by atomic mass is 31.2. The summed E-state index contributed by atoms with van der Waals surface area (Å²) in [5, 5.41) is 0. The molecule has 0 aromatic carbocycles. The molecule has 0 N–H and O–H groups in total. The van der Waals surface area contributed by atoms with Gasteiger partial charge < -0.3 is 0 Å². The summed E-state index contributed by atoms with van der Waals surface area (Å²) in [6.45, 7) is 2.36. The Morgan fingerprint density at radius 1 is 1.06 bits per heavy atom. The third-order valence-corrected chi connectivity index (χ3v) is 2.89. The van der Waals surface area contributed by atoms with Crippen LogP contribution < -0.4 is 0 Å². The lowest BCUT2D eigenvalue weighted by Gasteiger charge is -2.14. The van der Waals surface area contributed by atoms with Crippen molar-refractivity contribution < 1.29 is 35.6 Å². The molecular formula is C8H10F5O3P. The first-order valence-corrected chi connectivity index (χ1v) is 6.00. The van der Waals surface area contributed by atoms with Crippen LogP contribution in [0.25, 0.3) is 0 Å². The zero-order chi connectivity index (χ0) is 13.7. The Hall–Kier alpha value is -0.640. The van der Waals surface area contributed by atoms with E-state index in [1.54, 1.807) is 0 Å². The van der Waals surface area contributed by atoms with Crippen molar-refractivity contribution in [1.82, 2.24) is 0 Å². The smallest absolute Gasteiger partial charge is 0.300 e. The molecule has 0 unspecified atom stereocenters. The quantitative estimate of drug-likeness (QED) is 0.449. The van der Waals surface area contributed by atoms with E-state index in [2.05, 4.69) is 9.05 Å². The number of hydrogen-bond donors (Lipinski definition) is 0. The van der Waals surface area contributed by atoms with Gasteiger partial charge in [0.05, 0.1) is 13.2 Å². The summed E-state index contributed by atoms with van der Waals surface area (Å²) >= 11 is 0. The van der Waals surface area contributed by atoms with Gasteiger partial charge in [-0.2, -0.15) is 22.0 Å². The van der Waals surface area contributed by atoms with E-state index in [-0.39, 0.29) is 13.2 Å². The van der Waals surface area contributed by atoms with E-state index in [0.717, 1.165) is 0 Å². The molecule has 0 fully saturated rings. The Balaban J connectivity index is 5.09. The largest absolute Gasteiger partial charge is 0.466 e. The topological polar surface area (TPSA) is 35.5 Å². The van der Waals surface area contributed by atoms with Crippen molar-refractivity contribution in [1.29, 1.82) is 0 Å². The van der Waals surface area contributed by atoms with Crippen LogP contribution in [0.1, 0.15) is 13.8 Å². The molecule has 0 aromatic heterocycles. The standard InChI is InChI=1S/C8H10F5O3P/c1-3-15-17(14,16-4-2)6-5-7(9,10)8(11,12)13/h3-4H2,1-2H3. The van der Waals surface area contributed by atoms with E-state index in [0.29, 0.717) is 5.92 Å². The average molecular weight is 280 g/mol. The molecule has 0 amide bonds. The Kier molecular flexibility index (Phi) is 5.59. The highest BCUT2D eigenvalue weighted by Gasteiger charge is 2.56. The second-order valence-electron chi connectivity index (χ2n) is 2.64. The summed E-state index contributed by atoms with van der Waals surface area (Å²) in [5.41, 5.74) is 1.24. The van der Waals surface area contributed by atoms with Gasteiger partial charge in [0.15, 0.2) is 0 Å². The van der Waals surface area contributed by atoms with Gasteiger partial charge in [0.2, 0.25) is 0 Å². The summed E-state index contributed by atoms with van der Waals surface area (Å²) in [4.78, 5) is 0. The third kappa shape index (κ3) is 5.02. The highest BCUT2D eigenvalue weighted by Crippen LogP contribution is 2.47. The molecule has 0 heterocycles. The molecule has 0 rings (SSSR count). The van der Waals surface area contributed by atoms with E-state index < -0.39 is 19.7 Å². The summed E-state index contributed by atoms with van der Waals surface area (Å²) in [5.74, 6) is -4.67. The van der Waals surface area contributed by atoms with Crippen molar-refractivity contribution in [3.63, 3.8) is 0 Å². The fourth-order valence-corrected chi connectivity index (χ4v) is 1.81. The molecule has 9 heteroatoms. The predicted molar refractivity (Wildman–Crippen MR) is 49.6 cm³/mol. The molecule has 0 saturated carbocycles. The lowest BCUT2D eigenvalue weighted by Crippen LogP contribution is -2.34. The van der Waals surface area contributed by atoms with Gasteiger partial charge in [-0.25, -0.2) is 4.57 Å². The van der Waals surface area contributed by atoms with Crippen molar-refractivity contribution in [2.45, 2.75) is 25.9 Å². The Morgan fingerprint density at radius 2 is 1.47 bits per heavy atom. The normalized spacial score (nSPS) is 13.1. The van der Waals surface area contributed by atoms with E-state index in [1.165, 1.54) is 19.5 Å². The molecule has 0 radical (unpaired) electrons. The van der Waals surface area contributed by atoms with Gasteiger partial charge in [-0.1, -0.05) is 0 Å². The molecule has 17 heavy (non-hydrogen) atoms. The average Bonchev–Trinajstić information content (AvgIpc) is 2.14. The Labute approximate surface area is 94.8 Å². The first kappa shape index (κ1) is 16.4. The minimum Gasteiger partial charge on any atom is -0.300 e. The molecule has 0 atom stereocenters. The first-order chi connectivity index (χ1) is 7.58. The number of hydrogen-bond acceptors (Lipinski definition) is 3. The van der Waals surface area contributed by atoms with Gasteiger partial charge in [-0.05, 0) is 19.8 Å². The van der Waals surface area contributed by atoms with Crippen molar-refractivity contribution in [3.8, 4) is 11.6 Å². The van der Waals surface area contributed by atoms with Crippen LogP contribution in [-0.2, 0) is 13.6 Å². The fraction of sp³-hybridized carbons (Fsp3) is 0.750. The van der Waals surface area contributed by atoms with Crippen LogP contribution in [0.5, 0.6) is 0 Å². The zero-order valence-corrected chi connectivity index (χ0v) is 9.87. The van der Waals surface area contributed by atoms with Gasteiger partial charge in [-0.3, -0.25) is 9.05 Å². The Morgan fingerprint density at radius 3 is 1.76 bits per heavy atom. The Bertz CT molecular complexity index is 344. The van der Waals surface area contributed by atoms with E-state index in [9.17, 15) is 26.5 Å². The molecule has 0 bridgehead atoms. The van der Waals surface area contributed by atoms with Crippen LogP contribution in [0.15, 0.2) is 0 Å². The summed E-state index contributed by atoms with van der Waals surface area (Å²) in [6, 6.07) is 0. The summed E-state index contributed by atoms with van der Waals surface area (Å²) in [7, 11) is -4.23. The van der Waals surface area contributed by atoms with Gasteiger partial charge in [0.1, 0.15) is 0 Å². The van der Waals surface area contributed by atoms with E-state index in [1.807, 2.05) is 0 Å². The first-order valence-electron chi connectivity index (χ1n) is 4.46. The van der Waals surface area contributed by atoms with E-state index in [4.69, 9.17) is 0 Å². The number of halogens is 5. The molecule has 3 nitrogen and oxygen atoms in total. The van der Waals surface area contributed by atoms with Gasteiger partial charge in [0.25, 0.3) is 0 Å². The van der Waals surface area contributed by atoms with Crippen molar-refractivity contribution in [2.24, 2.45) is 0 Å². The number of rotatable bonds is 4. The SMILES string of the molecule is CCOP(=O)(C#CC(F)(F)C(F)(F)F)OCC. The van der Waals surface area contributed by atoms with Gasteiger partial charge in [0, 0.05) is 5.66 Å². The second kappa shape index (κ2) is 5.80. The van der Waals surface area contributed by atoms with Gasteiger partial charge >= 0.3 is 19.7 Å². The van der Waals surface area contributed by atoms with Crippen molar-refractivity contribution in [2.75, 3.05) is 13.2 Å². The maximum absolute atomic E-state index is 12.4. The molecular weight excluding hydrogens is 270 g/mol. The van der Waals surface area contributed by atoms with E-state index >= 15 is 0 Å². The highest BCUT2D eigenvalue weighted by molar-refractivity contribution is 7.59. The number of alkyl halides is 5. The van der Waals surface area contributed by atoms with Crippen molar-refractivity contribution in [3.05, 3.63) is 0 Å². The van der Waals surface area contributed by atoms with Crippen LogP contribution in [0, 0.1) is 11.6 Å². The van der Waals surface area contributed by atoms with Crippen LogP contribution >= 0.6 is 7.60 Å². The predicted octanol–water partition coefficient (Wildman–Crippen LogP) is 3.41. The molecule has 0 saturated heterocycles. The molecule has 0 aliphatic carbocycles. The lowest BCUT2D eigenvalue weighted by atomic mass is 10.3. The zero-order valence-electron chi connectivity index (χ0n) is 8.98. The maximum atomic E-state index is 12.4. The molecule has 0 aliphatic heterocycles. The van der Waals surface area contributed by atoms with Crippen LogP contribution in [0.4, 0.5) is 22.0 Å². The molecule has 0 aliphatic rings. The fourth-order valence-electron chi connectivity index (χ4n) is 0.651. The molecule has 0 spiro atoms. The second-order valence-corrected chi connectivity index (χ2v) is 4.38. The lowest BCUT2D eigenvalue weighted by molar-refractivity contribution is -0.254. The minimum atomic E-state index is -5.83. The van der Waals surface area contributed by atoms with Crippen molar-refractivity contribution >= 4 is 7.60 Å². The molecule has 100 valence electrons.